The zero-order chi connectivity index (χ0) is 11.4. The van der Waals surface area contributed by atoms with E-state index in [9.17, 15) is 0 Å². The molecular formula is C13H18ClNS. The van der Waals surface area contributed by atoms with Gasteiger partial charge in [-0.2, -0.15) is 11.8 Å². The van der Waals surface area contributed by atoms with Gasteiger partial charge in [0.05, 0.1) is 0 Å². The van der Waals surface area contributed by atoms with Gasteiger partial charge in [-0.1, -0.05) is 24.6 Å². The summed E-state index contributed by atoms with van der Waals surface area (Å²) in [5.74, 6) is 2.35. The number of hydrogen-bond acceptors (Lipinski definition) is 2. The van der Waals surface area contributed by atoms with Crippen LogP contribution in [0.3, 0.4) is 0 Å². The quantitative estimate of drug-likeness (QED) is 0.876. The highest BCUT2D eigenvalue weighted by molar-refractivity contribution is 7.98. The first-order chi connectivity index (χ1) is 7.81. The number of benzene rings is 1. The lowest BCUT2D eigenvalue weighted by Crippen LogP contribution is -2.22. The second kappa shape index (κ2) is 5.95. The Morgan fingerprint density at radius 3 is 3.19 bits per heavy atom. The van der Waals surface area contributed by atoms with Crippen molar-refractivity contribution in [1.29, 1.82) is 0 Å². The zero-order valence-corrected chi connectivity index (χ0v) is 11.2. The molecule has 0 bridgehead atoms. The van der Waals surface area contributed by atoms with Crippen LogP contribution in [0.2, 0.25) is 5.02 Å². The van der Waals surface area contributed by atoms with Crippen LogP contribution in [0.5, 0.6) is 0 Å². The summed E-state index contributed by atoms with van der Waals surface area (Å²) in [5.41, 5.74) is 2.85. The fourth-order valence-corrected chi connectivity index (χ4v) is 3.30. The third kappa shape index (κ3) is 2.93. The van der Waals surface area contributed by atoms with Gasteiger partial charge in [-0.05, 0) is 48.4 Å². The van der Waals surface area contributed by atoms with E-state index >= 15 is 0 Å². The maximum atomic E-state index is 6.09. The van der Waals surface area contributed by atoms with Crippen molar-refractivity contribution in [2.75, 3.05) is 12.3 Å². The molecule has 1 aromatic carbocycles. The molecule has 1 unspecified atom stereocenters. The highest BCUT2D eigenvalue weighted by Gasteiger charge is 2.18. The molecule has 1 aliphatic rings. The Kier molecular flexibility index (Phi) is 4.56. The van der Waals surface area contributed by atoms with Gasteiger partial charge in [0.25, 0.3) is 0 Å². The first-order valence-corrected chi connectivity index (χ1v) is 7.44. The van der Waals surface area contributed by atoms with E-state index in [1.165, 1.54) is 29.7 Å². The van der Waals surface area contributed by atoms with E-state index in [2.05, 4.69) is 24.4 Å². The minimum atomic E-state index is 0.489. The summed E-state index contributed by atoms with van der Waals surface area (Å²) in [6.45, 7) is 3.29. The van der Waals surface area contributed by atoms with Gasteiger partial charge in [0, 0.05) is 16.8 Å². The third-order valence-corrected chi connectivity index (χ3v) is 4.21. The van der Waals surface area contributed by atoms with Crippen LogP contribution < -0.4 is 5.32 Å². The Labute approximate surface area is 107 Å². The number of fused-ring (bicyclic) bond motifs is 1. The molecule has 1 aliphatic heterocycles. The fraction of sp³-hybridized carbons (Fsp3) is 0.538. The highest BCUT2D eigenvalue weighted by Crippen LogP contribution is 2.32. The van der Waals surface area contributed by atoms with Crippen LogP contribution in [-0.2, 0) is 5.75 Å². The molecule has 1 heterocycles. The molecule has 0 fully saturated rings. The Morgan fingerprint density at radius 2 is 2.38 bits per heavy atom. The largest absolute Gasteiger partial charge is 0.310 e. The molecule has 0 aliphatic carbocycles. The van der Waals surface area contributed by atoms with Gasteiger partial charge in [0.2, 0.25) is 0 Å². The van der Waals surface area contributed by atoms with Gasteiger partial charge in [-0.15, -0.1) is 0 Å². The van der Waals surface area contributed by atoms with Crippen LogP contribution in [0.4, 0.5) is 0 Å². The monoisotopic (exact) mass is 255 g/mol. The molecule has 3 heteroatoms. The molecular weight excluding hydrogens is 238 g/mol. The standard InChI is InChI=1S/C13H18ClNS/c1-2-6-15-13-5-7-16-9-10-3-4-11(14)8-12(10)13/h3-4,8,13,15H,2,5-7,9H2,1H3. The van der Waals surface area contributed by atoms with Crippen molar-refractivity contribution in [2.24, 2.45) is 0 Å². The average molecular weight is 256 g/mol. The Hall–Kier alpha value is -0.180. The van der Waals surface area contributed by atoms with Crippen molar-refractivity contribution in [2.45, 2.75) is 31.6 Å². The van der Waals surface area contributed by atoms with Crippen molar-refractivity contribution >= 4 is 23.4 Å². The number of hydrogen-bond donors (Lipinski definition) is 1. The molecule has 0 radical (unpaired) electrons. The number of nitrogens with one attached hydrogen (secondary N) is 1. The van der Waals surface area contributed by atoms with Gasteiger partial charge in [0.15, 0.2) is 0 Å². The van der Waals surface area contributed by atoms with E-state index in [0.29, 0.717) is 6.04 Å². The van der Waals surface area contributed by atoms with Gasteiger partial charge in [-0.3, -0.25) is 0 Å². The van der Waals surface area contributed by atoms with Gasteiger partial charge in [-0.25, -0.2) is 0 Å². The fourth-order valence-electron chi connectivity index (χ4n) is 2.09. The van der Waals surface area contributed by atoms with Crippen molar-refractivity contribution in [3.05, 3.63) is 34.3 Å². The normalized spacial score (nSPS) is 20.2. The minimum Gasteiger partial charge on any atom is -0.310 e. The maximum absolute atomic E-state index is 6.09. The second-order valence-corrected chi connectivity index (χ2v) is 5.73. The molecule has 1 atom stereocenters. The van der Waals surface area contributed by atoms with E-state index in [1.807, 2.05) is 17.8 Å². The maximum Gasteiger partial charge on any atom is 0.0409 e. The highest BCUT2D eigenvalue weighted by atomic mass is 35.5. The summed E-state index contributed by atoms with van der Waals surface area (Å²) in [6, 6.07) is 6.80. The van der Waals surface area contributed by atoms with E-state index < -0.39 is 0 Å². The Balaban J connectivity index is 2.24. The predicted octanol–water partition coefficient (Wildman–Crippen LogP) is 4.02. The third-order valence-electron chi connectivity index (χ3n) is 2.93. The molecule has 1 N–H and O–H groups in total. The first kappa shape index (κ1) is 12.3. The number of thioether (sulfide) groups is 1. The first-order valence-electron chi connectivity index (χ1n) is 5.90. The molecule has 88 valence electrons. The summed E-state index contributed by atoms with van der Waals surface area (Å²) in [6.07, 6.45) is 2.39. The lowest BCUT2D eigenvalue weighted by atomic mass is 9.99. The lowest BCUT2D eigenvalue weighted by molar-refractivity contribution is 0.521. The van der Waals surface area contributed by atoms with Crippen molar-refractivity contribution in [3.8, 4) is 0 Å². The van der Waals surface area contributed by atoms with Crippen LogP contribution in [0, 0.1) is 0 Å². The predicted molar refractivity (Wildman–Crippen MR) is 73.3 cm³/mol. The van der Waals surface area contributed by atoms with Crippen LogP contribution in [-0.4, -0.2) is 12.3 Å². The van der Waals surface area contributed by atoms with Crippen molar-refractivity contribution < 1.29 is 0 Å². The minimum absolute atomic E-state index is 0.489. The van der Waals surface area contributed by atoms with Crippen molar-refractivity contribution in [1.82, 2.24) is 5.32 Å². The molecule has 0 saturated heterocycles. The summed E-state index contributed by atoms with van der Waals surface area (Å²) < 4.78 is 0. The average Bonchev–Trinajstić information content (AvgIpc) is 2.48. The second-order valence-electron chi connectivity index (χ2n) is 4.19. The summed E-state index contributed by atoms with van der Waals surface area (Å²) in [4.78, 5) is 0. The van der Waals surface area contributed by atoms with E-state index in [4.69, 9.17) is 11.6 Å². The molecule has 0 amide bonds. The summed E-state index contributed by atoms with van der Waals surface area (Å²) in [5, 5.41) is 4.48. The number of halogens is 1. The van der Waals surface area contributed by atoms with Gasteiger partial charge < -0.3 is 5.32 Å². The summed E-state index contributed by atoms with van der Waals surface area (Å²) >= 11 is 8.11. The van der Waals surface area contributed by atoms with Crippen molar-refractivity contribution in [3.63, 3.8) is 0 Å². The van der Waals surface area contributed by atoms with Gasteiger partial charge >= 0.3 is 0 Å². The number of rotatable bonds is 3. The van der Waals surface area contributed by atoms with Crippen LogP contribution in [0.1, 0.15) is 36.9 Å². The van der Waals surface area contributed by atoms with Crippen LogP contribution >= 0.6 is 23.4 Å². The van der Waals surface area contributed by atoms with Crippen LogP contribution in [0.25, 0.3) is 0 Å². The smallest absolute Gasteiger partial charge is 0.0409 e. The van der Waals surface area contributed by atoms with E-state index in [-0.39, 0.29) is 0 Å². The lowest BCUT2D eigenvalue weighted by Gasteiger charge is -2.19. The molecule has 0 spiro atoms. The van der Waals surface area contributed by atoms with E-state index in [0.717, 1.165) is 17.3 Å². The molecule has 0 aromatic heterocycles. The molecule has 16 heavy (non-hydrogen) atoms. The SMILES string of the molecule is CCCNC1CCSCc2ccc(Cl)cc21. The Bertz CT molecular complexity index is 354. The topological polar surface area (TPSA) is 12.0 Å². The molecule has 0 saturated carbocycles. The molecule has 1 aromatic rings. The zero-order valence-electron chi connectivity index (χ0n) is 9.63. The molecule has 1 nitrogen and oxygen atoms in total. The molecule has 2 rings (SSSR count). The van der Waals surface area contributed by atoms with Crippen LogP contribution in [0.15, 0.2) is 18.2 Å². The summed E-state index contributed by atoms with van der Waals surface area (Å²) in [7, 11) is 0. The Morgan fingerprint density at radius 1 is 1.50 bits per heavy atom. The van der Waals surface area contributed by atoms with E-state index in [1.54, 1.807) is 0 Å². The van der Waals surface area contributed by atoms with Gasteiger partial charge in [0.1, 0.15) is 0 Å².